The predicted octanol–water partition coefficient (Wildman–Crippen LogP) is 6.73. The SMILES string of the molecule is C=P(c1ccccc1)(c1ccccc1)c1ccccc1Cc1ccccc1P(=C)(c1ccccc1)c1ccccc1. The Kier molecular flexibility index (Phi) is 7.80. The first-order valence-electron chi connectivity index (χ1n) is 14.0. The Morgan fingerprint density at radius 2 is 0.561 bits per heavy atom. The third-order valence-corrected chi connectivity index (χ3v) is 15.2. The van der Waals surface area contributed by atoms with E-state index in [-0.39, 0.29) is 0 Å². The monoisotopic (exact) mass is 564 g/mol. The molecule has 0 atom stereocenters. The fraction of sp³-hybridized carbons (Fsp3) is 0.0256. The van der Waals surface area contributed by atoms with Gasteiger partial charge in [0.05, 0.1) is 0 Å². The standard InChI is InChI=1S/C39H34P2/c1-40(34-21-7-3-8-22-34,35-23-9-4-10-24-35)38-29-17-15-19-32(38)31-33-20-16-18-30-39(33)41(2,36-25-11-5-12-26-36)37-27-13-6-14-28-37/h3-30H,1-2,31H2. The minimum Gasteiger partial charge on any atom is -0.0887 e. The Labute approximate surface area is 244 Å². The largest absolute Gasteiger partial charge is 0.0887 e. The van der Waals surface area contributed by atoms with Crippen molar-refractivity contribution < 1.29 is 0 Å². The van der Waals surface area contributed by atoms with Crippen LogP contribution in [0, 0.1) is 0 Å². The molecule has 0 heterocycles. The van der Waals surface area contributed by atoms with E-state index in [1.165, 1.54) is 43.0 Å². The van der Waals surface area contributed by atoms with Crippen LogP contribution in [0.25, 0.3) is 0 Å². The zero-order chi connectivity index (χ0) is 28.1. The molecule has 0 radical (unpaired) electrons. The topological polar surface area (TPSA) is 0 Å². The number of hydrogen-bond acceptors (Lipinski definition) is 0. The van der Waals surface area contributed by atoms with Crippen molar-refractivity contribution in [3.05, 3.63) is 181 Å². The van der Waals surface area contributed by atoms with Gasteiger partial charge in [0.2, 0.25) is 0 Å². The number of rotatable bonds is 8. The molecule has 0 aromatic heterocycles. The van der Waals surface area contributed by atoms with E-state index in [1.807, 2.05) is 0 Å². The molecule has 0 saturated carbocycles. The van der Waals surface area contributed by atoms with E-state index < -0.39 is 13.8 Å². The summed E-state index contributed by atoms with van der Waals surface area (Å²) >= 11 is 0. The third-order valence-electron chi connectivity index (χ3n) is 7.97. The Balaban J connectivity index is 1.54. The van der Waals surface area contributed by atoms with Gasteiger partial charge in [-0.25, -0.2) is 0 Å². The van der Waals surface area contributed by atoms with Gasteiger partial charge in [-0.1, -0.05) is 182 Å². The number of benzene rings is 6. The van der Waals surface area contributed by atoms with Crippen LogP contribution in [0.2, 0.25) is 0 Å². The van der Waals surface area contributed by atoms with Crippen LogP contribution in [0.5, 0.6) is 0 Å². The van der Waals surface area contributed by atoms with Gasteiger partial charge in [-0.2, -0.15) is 0 Å². The molecule has 6 rings (SSSR count). The average molecular weight is 565 g/mol. The first-order valence-corrected chi connectivity index (χ1v) is 17.9. The minimum absolute atomic E-state index is 0.820. The maximum atomic E-state index is 5.05. The highest BCUT2D eigenvalue weighted by Crippen LogP contribution is 2.45. The highest BCUT2D eigenvalue weighted by atomic mass is 31.2. The highest BCUT2D eigenvalue weighted by molar-refractivity contribution is 7.94. The predicted molar refractivity (Wildman–Crippen MR) is 187 cm³/mol. The first-order chi connectivity index (χ1) is 20.1. The van der Waals surface area contributed by atoms with Gasteiger partial charge in [-0.05, 0) is 63.1 Å². The molecule has 6 aromatic carbocycles. The molecule has 0 N–H and O–H groups in total. The zero-order valence-corrected chi connectivity index (χ0v) is 25.0. The molecule has 0 aliphatic rings. The third kappa shape index (κ3) is 5.11. The molecule has 41 heavy (non-hydrogen) atoms. The minimum atomic E-state index is -2.13. The van der Waals surface area contributed by atoms with Gasteiger partial charge in [-0.15, -0.1) is 0 Å². The lowest BCUT2D eigenvalue weighted by atomic mass is 10.1. The molecular weight excluding hydrogens is 530 g/mol. The average Bonchev–Trinajstić information content (AvgIpc) is 3.06. The van der Waals surface area contributed by atoms with Gasteiger partial charge in [0.15, 0.2) is 0 Å². The molecule has 0 amide bonds. The lowest BCUT2D eigenvalue weighted by Crippen LogP contribution is -2.30. The summed E-state index contributed by atoms with van der Waals surface area (Å²) in [4.78, 5) is 0. The maximum absolute atomic E-state index is 5.05. The highest BCUT2D eigenvalue weighted by Gasteiger charge is 2.27. The van der Waals surface area contributed by atoms with Crippen molar-refractivity contribution in [3.8, 4) is 0 Å². The van der Waals surface area contributed by atoms with Gasteiger partial charge in [0, 0.05) is 0 Å². The molecule has 0 nitrogen and oxygen atoms in total. The van der Waals surface area contributed by atoms with Crippen molar-refractivity contribution in [2.45, 2.75) is 6.42 Å². The number of hydrogen-bond donors (Lipinski definition) is 0. The quantitative estimate of drug-likeness (QED) is 0.180. The Morgan fingerprint density at radius 3 is 0.854 bits per heavy atom. The molecule has 0 saturated heterocycles. The normalized spacial score (nSPS) is 11.7. The van der Waals surface area contributed by atoms with Crippen molar-refractivity contribution >= 4 is 58.2 Å². The summed E-state index contributed by atoms with van der Waals surface area (Å²) in [5.41, 5.74) is 2.65. The van der Waals surface area contributed by atoms with E-state index in [9.17, 15) is 0 Å². The molecule has 0 aliphatic heterocycles. The fourth-order valence-corrected chi connectivity index (χ4v) is 12.3. The second-order valence-corrected chi connectivity index (χ2v) is 16.7. The molecule has 2 heteroatoms. The summed E-state index contributed by atoms with van der Waals surface area (Å²) in [6.07, 6.45) is 10.9. The van der Waals surface area contributed by atoms with Crippen LogP contribution in [0.15, 0.2) is 170 Å². The van der Waals surface area contributed by atoms with E-state index in [1.54, 1.807) is 0 Å². The molecular formula is C39H34P2. The van der Waals surface area contributed by atoms with Crippen LogP contribution in [-0.2, 0) is 6.42 Å². The summed E-state index contributed by atoms with van der Waals surface area (Å²) in [6.45, 7) is -4.26. The van der Waals surface area contributed by atoms with Crippen molar-refractivity contribution in [3.63, 3.8) is 0 Å². The van der Waals surface area contributed by atoms with Gasteiger partial charge in [-0.3, -0.25) is 0 Å². The maximum Gasteiger partial charge on any atom is -0.00127 e. The van der Waals surface area contributed by atoms with Gasteiger partial charge in [0.25, 0.3) is 0 Å². The summed E-state index contributed by atoms with van der Waals surface area (Å²) in [7, 11) is 0. The van der Waals surface area contributed by atoms with Gasteiger partial charge < -0.3 is 0 Å². The van der Waals surface area contributed by atoms with Crippen molar-refractivity contribution in [2.24, 2.45) is 0 Å². The Morgan fingerprint density at radius 1 is 0.317 bits per heavy atom. The molecule has 0 unspecified atom stereocenters. The van der Waals surface area contributed by atoms with Gasteiger partial charge in [0.1, 0.15) is 0 Å². The van der Waals surface area contributed by atoms with E-state index in [0.29, 0.717) is 0 Å². The molecule has 0 spiro atoms. The van der Waals surface area contributed by atoms with Crippen molar-refractivity contribution in [2.75, 3.05) is 0 Å². The van der Waals surface area contributed by atoms with Crippen LogP contribution in [-0.4, -0.2) is 12.6 Å². The first kappa shape index (κ1) is 27.1. The van der Waals surface area contributed by atoms with Crippen LogP contribution in [0.1, 0.15) is 11.1 Å². The fourth-order valence-electron chi connectivity index (χ4n) is 5.85. The Hall–Kier alpha value is -4.08. The summed E-state index contributed by atoms with van der Waals surface area (Å²) < 4.78 is 0. The second-order valence-electron chi connectivity index (χ2n) is 10.4. The summed E-state index contributed by atoms with van der Waals surface area (Å²) in [6, 6.07) is 61.3. The van der Waals surface area contributed by atoms with E-state index in [0.717, 1.165) is 6.42 Å². The van der Waals surface area contributed by atoms with E-state index in [4.69, 9.17) is 12.6 Å². The lowest BCUT2D eigenvalue weighted by Gasteiger charge is -2.31. The summed E-state index contributed by atoms with van der Waals surface area (Å²) in [5, 5.41) is 7.83. The van der Waals surface area contributed by atoms with Crippen LogP contribution < -0.4 is 31.8 Å². The van der Waals surface area contributed by atoms with Crippen LogP contribution in [0.3, 0.4) is 0 Å². The van der Waals surface area contributed by atoms with Gasteiger partial charge >= 0.3 is 0 Å². The van der Waals surface area contributed by atoms with Crippen molar-refractivity contribution in [1.29, 1.82) is 0 Å². The van der Waals surface area contributed by atoms with Crippen molar-refractivity contribution in [1.82, 2.24) is 0 Å². The molecule has 200 valence electrons. The zero-order valence-electron chi connectivity index (χ0n) is 23.2. The smallest absolute Gasteiger partial charge is 0.00127 e. The van der Waals surface area contributed by atoms with E-state index in [2.05, 4.69) is 170 Å². The van der Waals surface area contributed by atoms with Crippen LogP contribution in [0.4, 0.5) is 0 Å². The second kappa shape index (κ2) is 11.8. The van der Waals surface area contributed by atoms with E-state index >= 15 is 0 Å². The Bertz CT molecular complexity index is 1610. The molecule has 0 bridgehead atoms. The summed E-state index contributed by atoms with van der Waals surface area (Å²) in [5.74, 6) is 0. The van der Waals surface area contributed by atoms with Crippen LogP contribution >= 0.6 is 13.8 Å². The lowest BCUT2D eigenvalue weighted by molar-refractivity contribution is 1.22. The molecule has 0 aliphatic carbocycles. The molecule has 6 aromatic rings. The molecule has 0 fully saturated rings.